The van der Waals surface area contributed by atoms with Crippen LogP contribution in [0.3, 0.4) is 0 Å². The molecule has 1 aromatic rings. The fraction of sp³-hybridized carbons (Fsp3) is 0.500. The molecule has 2 N–H and O–H groups in total. The third-order valence-corrected chi connectivity index (χ3v) is 5.29. The smallest absolute Gasteiger partial charge is 0.173 e. The van der Waals surface area contributed by atoms with Crippen molar-refractivity contribution in [3.63, 3.8) is 0 Å². The Balaban J connectivity index is 1.77. The van der Waals surface area contributed by atoms with Crippen LogP contribution in [0.4, 0.5) is 0 Å². The molecule has 0 radical (unpaired) electrons. The third kappa shape index (κ3) is 1.69. The number of rotatable bonds is 0. The fourth-order valence-corrected chi connectivity index (χ4v) is 4.73. The first-order valence-corrected chi connectivity index (χ1v) is 7.42. The fourth-order valence-electron chi connectivity index (χ4n) is 3.24. The van der Waals surface area contributed by atoms with Crippen molar-refractivity contribution in [3.05, 3.63) is 33.2 Å². The molecular formula is C14H16N2O2S. The summed E-state index contributed by atoms with van der Waals surface area (Å²) in [7, 11) is 0. The zero-order valence-electron chi connectivity index (χ0n) is 10.7. The van der Waals surface area contributed by atoms with E-state index < -0.39 is 0 Å². The summed E-state index contributed by atoms with van der Waals surface area (Å²) < 4.78 is 11.6. The second-order valence-electron chi connectivity index (χ2n) is 5.33. The highest BCUT2D eigenvalue weighted by atomic mass is 32.1. The first-order valence-electron chi connectivity index (χ1n) is 6.60. The Morgan fingerprint density at radius 2 is 2.05 bits per heavy atom. The highest BCUT2D eigenvalue weighted by Gasteiger charge is 2.42. The van der Waals surface area contributed by atoms with E-state index in [1.807, 2.05) is 11.3 Å². The molecule has 0 unspecified atom stereocenters. The van der Waals surface area contributed by atoms with Gasteiger partial charge < -0.3 is 15.2 Å². The molecule has 0 bridgehead atoms. The summed E-state index contributed by atoms with van der Waals surface area (Å²) in [5, 5.41) is 0. The maximum atomic E-state index is 6.08. The van der Waals surface area contributed by atoms with E-state index in [4.69, 9.17) is 15.2 Å². The van der Waals surface area contributed by atoms with E-state index in [0.29, 0.717) is 19.0 Å². The maximum absolute atomic E-state index is 6.08. The lowest BCUT2D eigenvalue weighted by Gasteiger charge is -2.31. The van der Waals surface area contributed by atoms with Gasteiger partial charge in [0.1, 0.15) is 5.84 Å². The quantitative estimate of drug-likeness (QED) is 0.785. The molecule has 1 saturated heterocycles. The molecule has 100 valence electrons. The van der Waals surface area contributed by atoms with E-state index in [1.54, 1.807) is 0 Å². The van der Waals surface area contributed by atoms with E-state index in [9.17, 15) is 0 Å². The molecule has 0 amide bonds. The van der Waals surface area contributed by atoms with Crippen molar-refractivity contribution >= 4 is 17.2 Å². The van der Waals surface area contributed by atoms with Gasteiger partial charge in [-0.1, -0.05) is 6.58 Å². The second-order valence-corrected chi connectivity index (χ2v) is 6.52. The molecule has 3 heterocycles. The van der Waals surface area contributed by atoms with E-state index in [2.05, 4.69) is 11.6 Å². The van der Waals surface area contributed by atoms with Crippen molar-refractivity contribution in [1.82, 2.24) is 0 Å². The maximum Gasteiger partial charge on any atom is 0.173 e. The Morgan fingerprint density at radius 1 is 1.26 bits per heavy atom. The standard InChI is InChI=1S/C14H16N2O2S/c1-8-6-10-12(13(15)16-8)9-2-3-14(7-11(9)19-10)17-4-5-18-14/h1-7H2,(H2,15,16). The number of aliphatic imine (C=N–C) groups is 1. The molecule has 19 heavy (non-hydrogen) atoms. The normalized spacial score (nSPS) is 24.2. The minimum absolute atomic E-state index is 0.372. The Morgan fingerprint density at radius 3 is 2.84 bits per heavy atom. The average molecular weight is 276 g/mol. The summed E-state index contributed by atoms with van der Waals surface area (Å²) in [6, 6.07) is 0. The number of nitrogens with two attached hydrogens (primary N) is 1. The van der Waals surface area contributed by atoms with Crippen molar-refractivity contribution in [2.45, 2.75) is 31.5 Å². The molecule has 1 aromatic heterocycles. The van der Waals surface area contributed by atoms with E-state index >= 15 is 0 Å². The van der Waals surface area contributed by atoms with Gasteiger partial charge >= 0.3 is 0 Å². The SMILES string of the molecule is C=C1Cc2sc3c(c2C(N)=N1)CCC1(C3)OCCO1. The summed E-state index contributed by atoms with van der Waals surface area (Å²) in [6.07, 6.45) is 3.55. The van der Waals surface area contributed by atoms with Crippen LogP contribution >= 0.6 is 11.3 Å². The Labute approximate surface area is 115 Å². The molecule has 1 fully saturated rings. The van der Waals surface area contributed by atoms with E-state index in [0.717, 1.165) is 31.4 Å². The van der Waals surface area contributed by atoms with Gasteiger partial charge in [-0.3, -0.25) is 0 Å². The van der Waals surface area contributed by atoms with Crippen molar-refractivity contribution in [2.75, 3.05) is 13.2 Å². The summed E-state index contributed by atoms with van der Waals surface area (Å²) >= 11 is 1.82. The number of thiophene rings is 1. The van der Waals surface area contributed by atoms with Gasteiger partial charge in [-0.15, -0.1) is 11.3 Å². The van der Waals surface area contributed by atoms with Crippen LogP contribution in [0.25, 0.3) is 0 Å². The number of hydrogen-bond donors (Lipinski definition) is 1. The average Bonchev–Trinajstić information content (AvgIpc) is 2.93. The number of hydrogen-bond acceptors (Lipinski definition) is 5. The molecule has 1 aliphatic carbocycles. The zero-order chi connectivity index (χ0) is 13.0. The van der Waals surface area contributed by atoms with Gasteiger partial charge in [0.2, 0.25) is 0 Å². The summed E-state index contributed by atoms with van der Waals surface area (Å²) in [6.45, 7) is 5.35. The van der Waals surface area contributed by atoms with Gasteiger partial charge in [-0.05, 0) is 12.0 Å². The molecule has 0 atom stereocenters. The molecule has 1 spiro atoms. The predicted molar refractivity (Wildman–Crippen MR) is 74.5 cm³/mol. The third-order valence-electron chi connectivity index (χ3n) is 4.06. The zero-order valence-corrected chi connectivity index (χ0v) is 11.5. The number of allylic oxidation sites excluding steroid dienone is 1. The van der Waals surface area contributed by atoms with E-state index in [1.165, 1.54) is 20.9 Å². The monoisotopic (exact) mass is 276 g/mol. The van der Waals surface area contributed by atoms with Crippen molar-refractivity contribution in [3.8, 4) is 0 Å². The molecular weight excluding hydrogens is 260 g/mol. The molecule has 0 saturated carbocycles. The Kier molecular flexibility index (Phi) is 2.40. The Bertz CT molecular complexity index is 597. The van der Waals surface area contributed by atoms with Gasteiger partial charge in [0.25, 0.3) is 0 Å². The first-order chi connectivity index (χ1) is 9.17. The van der Waals surface area contributed by atoms with Crippen molar-refractivity contribution < 1.29 is 9.47 Å². The van der Waals surface area contributed by atoms with Crippen LogP contribution in [0.5, 0.6) is 0 Å². The number of amidine groups is 1. The number of fused-ring (bicyclic) bond motifs is 3. The Hall–Kier alpha value is -1.17. The predicted octanol–water partition coefficient (Wildman–Crippen LogP) is 1.76. The van der Waals surface area contributed by atoms with Crippen LogP contribution in [0, 0.1) is 0 Å². The molecule has 4 nitrogen and oxygen atoms in total. The van der Waals surface area contributed by atoms with E-state index in [-0.39, 0.29) is 5.79 Å². The van der Waals surface area contributed by atoms with Crippen LogP contribution < -0.4 is 5.73 Å². The van der Waals surface area contributed by atoms with Gasteiger partial charge in [-0.2, -0.15) is 0 Å². The van der Waals surface area contributed by atoms with Gasteiger partial charge in [0, 0.05) is 40.3 Å². The summed E-state index contributed by atoms with van der Waals surface area (Å²) in [5.74, 6) is 0.261. The largest absolute Gasteiger partial charge is 0.383 e. The molecule has 5 heteroatoms. The van der Waals surface area contributed by atoms with Crippen molar-refractivity contribution in [1.29, 1.82) is 0 Å². The highest BCUT2D eigenvalue weighted by Crippen LogP contribution is 2.43. The lowest BCUT2D eigenvalue weighted by molar-refractivity contribution is -0.163. The van der Waals surface area contributed by atoms with Crippen LogP contribution in [0.1, 0.15) is 27.3 Å². The van der Waals surface area contributed by atoms with Crippen LogP contribution in [-0.4, -0.2) is 24.8 Å². The van der Waals surface area contributed by atoms with Gasteiger partial charge in [-0.25, -0.2) is 4.99 Å². The molecule has 3 aliphatic rings. The number of ether oxygens (including phenoxy) is 2. The first kappa shape index (κ1) is 11.6. The second kappa shape index (κ2) is 3.91. The lowest BCUT2D eigenvalue weighted by Crippen LogP contribution is -2.36. The summed E-state index contributed by atoms with van der Waals surface area (Å²) in [5.41, 5.74) is 9.46. The van der Waals surface area contributed by atoms with Crippen molar-refractivity contribution in [2.24, 2.45) is 10.7 Å². The van der Waals surface area contributed by atoms with Gasteiger partial charge in [0.15, 0.2) is 5.79 Å². The van der Waals surface area contributed by atoms with Crippen LogP contribution in [-0.2, 0) is 28.7 Å². The lowest BCUT2D eigenvalue weighted by atomic mass is 9.89. The van der Waals surface area contributed by atoms with Crippen LogP contribution in [0.2, 0.25) is 0 Å². The minimum Gasteiger partial charge on any atom is -0.383 e. The van der Waals surface area contributed by atoms with Gasteiger partial charge in [0.05, 0.1) is 13.2 Å². The summed E-state index contributed by atoms with van der Waals surface area (Å²) in [4.78, 5) is 6.99. The molecule has 2 aliphatic heterocycles. The number of nitrogens with zero attached hydrogens (tertiary/aromatic N) is 1. The molecule has 0 aromatic carbocycles. The van der Waals surface area contributed by atoms with Crippen LogP contribution in [0.15, 0.2) is 17.3 Å². The highest BCUT2D eigenvalue weighted by molar-refractivity contribution is 7.12. The minimum atomic E-state index is -0.372. The molecule has 4 rings (SSSR count). The topological polar surface area (TPSA) is 56.8 Å².